The number of nitrogens with zero attached hydrogens (tertiary/aromatic N) is 5. The molecule has 6 heterocycles. The Hall–Kier alpha value is -5.23. The molecular formula is C38H32F2N6O3S. The van der Waals surface area contributed by atoms with Crippen LogP contribution < -0.4 is 10.1 Å². The number of pyridine rings is 2. The highest BCUT2D eigenvalue weighted by Crippen LogP contribution is 2.51. The van der Waals surface area contributed by atoms with Crippen molar-refractivity contribution in [2.24, 2.45) is 0 Å². The standard InChI is InChI=1S/C38H32F2N6O3S/c1-19-44-45-37(49-19)30-27(12-8-20-5-3-6-22(39)17-20)42-33-28-7-4-16-46(28)38(47)32(33)31(30)29-18-21-14-15-41-36(35(21)50-29)43-26-13-10-24-23(26)9-11-25(40)34(24)48-2/h3,5-6,9,11,14-15,17-18,26,28H,4,7-8,10,12-13,16H2,1-2H3,(H,41,43)/t26-,28?/m0/s1. The number of nitrogens with one attached hydrogen (secondary N) is 1. The van der Waals surface area contributed by atoms with Gasteiger partial charge in [-0.1, -0.05) is 18.2 Å². The summed E-state index contributed by atoms with van der Waals surface area (Å²) < 4.78 is 41.0. The highest BCUT2D eigenvalue weighted by molar-refractivity contribution is 7.23. The van der Waals surface area contributed by atoms with Gasteiger partial charge in [-0.05, 0) is 85.4 Å². The second-order valence-electron chi connectivity index (χ2n) is 13.1. The number of methoxy groups -OCH3 is 1. The maximum atomic E-state index is 14.5. The Kier molecular flexibility index (Phi) is 7.38. The van der Waals surface area contributed by atoms with Crippen LogP contribution in [0.5, 0.6) is 5.75 Å². The maximum absolute atomic E-state index is 14.5. The van der Waals surface area contributed by atoms with E-state index in [9.17, 15) is 13.6 Å². The van der Waals surface area contributed by atoms with E-state index in [0.29, 0.717) is 60.3 Å². The Morgan fingerprint density at radius 3 is 2.78 bits per heavy atom. The van der Waals surface area contributed by atoms with E-state index >= 15 is 0 Å². The van der Waals surface area contributed by atoms with E-state index in [1.165, 1.54) is 25.3 Å². The Bertz CT molecular complexity index is 2340. The first-order valence-electron chi connectivity index (χ1n) is 16.8. The molecule has 0 radical (unpaired) electrons. The minimum absolute atomic E-state index is 0.0446. The summed E-state index contributed by atoms with van der Waals surface area (Å²) in [5.74, 6) is 0.994. The average molecular weight is 691 g/mol. The lowest BCUT2D eigenvalue weighted by atomic mass is 9.93. The molecule has 1 aliphatic carbocycles. The predicted octanol–water partition coefficient (Wildman–Crippen LogP) is 8.18. The zero-order chi connectivity index (χ0) is 34.1. The molecule has 50 heavy (non-hydrogen) atoms. The molecule has 0 saturated carbocycles. The molecule has 9 nitrogen and oxygen atoms in total. The number of hydrogen-bond donors (Lipinski definition) is 1. The molecule has 252 valence electrons. The summed E-state index contributed by atoms with van der Waals surface area (Å²) in [5, 5.41) is 13.2. The van der Waals surface area contributed by atoms with Crippen LogP contribution in [0.1, 0.15) is 75.7 Å². The highest BCUT2D eigenvalue weighted by Gasteiger charge is 2.45. The van der Waals surface area contributed by atoms with Crippen molar-refractivity contribution in [1.82, 2.24) is 25.1 Å². The van der Waals surface area contributed by atoms with Gasteiger partial charge in [0.2, 0.25) is 11.8 Å². The fourth-order valence-electron chi connectivity index (χ4n) is 7.93. The van der Waals surface area contributed by atoms with Crippen LogP contribution in [0, 0.1) is 18.6 Å². The van der Waals surface area contributed by atoms with Crippen LogP contribution in [0.4, 0.5) is 14.6 Å². The van der Waals surface area contributed by atoms with Gasteiger partial charge in [0.25, 0.3) is 5.91 Å². The zero-order valence-electron chi connectivity index (χ0n) is 27.4. The monoisotopic (exact) mass is 690 g/mol. The van der Waals surface area contributed by atoms with Crippen molar-refractivity contribution < 1.29 is 22.7 Å². The normalized spacial score (nSPS) is 17.8. The smallest absolute Gasteiger partial charge is 0.257 e. The van der Waals surface area contributed by atoms with Crippen LogP contribution in [0.2, 0.25) is 0 Å². The number of thiophene rings is 1. The SMILES string of the molecule is COc1c(F)ccc2c1CC[C@@H]2Nc1nccc2cc(-c3c4c(nc(CCc5cccc(F)c5)c3-c3nnc(C)o3)C3CCCN3C4=O)sc12. The van der Waals surface area contributed by atoms with Crippen LogP contribution in [-0.4, -0.2) is 44.6 Å². The van der Waals surface area contributed by atoms with E-state index < -0.39 is 0 Å². The van der Waals surface area contributed by atoms with Gasteiger partial charge in [-0.15, -0.1) is 21.5 Å². The molecular weight excluding hydrogens is 659 g/mol. The molecule has 9 rings (SSSR count). The molecule has 1 N–H and O–H groups in total. The van der Waals surface area contributed by atoms with Crippen molar-refractivity contribution in [3.63, 3.8) is 0 Å². The van der Waals surface area contributed by atoms with Crippen LogP contribution in [-0.2, 0) is 19.3 Å². The minimum atomic E-state index is -0.363. The average Bonchev–Trinajstić information content (AvgIpc) is 3.95. The number of amides is 1. The molecule has 6 aromatic rings. The quantitative estimate of drug-likeness (QED) is 0.171. The van der Waals surface area contributed by atoms with Gasteiger partial charge >= 0.3 is 0 Å². The minimum Gasteiger partial charge on any atom is -0.493 e. The van der Waals surface area contributed by atoms with Crippen molar-refractivity contribution in [2.75, 3.05) is 19.0 Å². The molecule has 2 aromatic carbocycles. The van der Waals surface area contributed by atoms with Crippen LogP contribution in [0.3, 0.4) is 0 Å². The van der Waals surface area contributed by atoms with E-state index in [2.05, 4.69) is 21.6 Å². The number of carbonyl (C=O) groups excluding carboxylic acids is 1. The number of fused-ring (bicyclic) bond motifs is 5. The number of rotatable bonds is 8. The Labute approximate surface area is 290 Å². The third-order valence-electron chi connectivity index (χ3n) is 10.1. The van der Waals surface area contributed by atoms with E-state index in [1.807, 2.05) is 23.1 Å². The summed E-state index contributed by atoms with van der Waals surface area (Å²) >= 11 is 1.54. The molecule has 3 aliphatic rings. The van der Waals surface area contributed by atoms with Gasteiger partial charge in [-0.25, -0.2) is 13.8 Å². The van der Waals surface area contributed by atoms with Gasteiger partial charge < -0.3 is 19.4 Å². The Morgan fingerprint density at radius 2 is 1.96 bits per heavy atom. The first-order chi connectivity index (χ1) is 24.4. The topological polar surface area (TPSA) is 106 Å². The van der Waals surface area contributed by atoms with Crippen molar-refractivity contribution in [2.45, 2.75) is 57.5 Å². The summed E-state index contributed by atoms with van der Waals surface area (Å²) in [6.07, 6.45) is 6.00. The van der Waals surface area contributed by atoms with Crippen molar-refractivity contribution >= 4 is 33.1 Å². The van der Waals surface area contributed by atoms with Crippen LogP contribution in [0.15, 0.2) is 59.1 Å². The van der Waals surface area contributed by atoms with E-state index in [0.717, 1.165) is 67.9 Å². The number of benzene rings is 2. The van der Waals surface area contributed by atoms with Crippen LogP contribution >= 0.6 is 11.3 Å². The number of anilines is 1. The number of halogens is 2. The third kappa shape index (κ3) is 4.95. The molecule has 1 amide bonds. The van der Waals surface area contributed by atoms with E-state index in [4.69, 9.17) is 19.1 Å². The fourth-order valence-corrected chi connectivity index (χ4v) is 9.09. The summed E-state index contributed by atoms with van der Waals surface area (Å²) in [6, 6.07) is 13.7. The molecule has 1 unspecified atom stereocenters. The van der Waals surface area contributed by atoms with Gasteiger partial charge in [0.15, 0.2) is 11.6 Å². The molecule has 0 bridgehead atoms. The molecule has 1 saturated heterocycles. The summed E-state index contributed by atoms with van der Waals surface area (Å²) in [5.41, 5.74) is 6.14. The summed E-state index contributed by atoms with van der Waals surface area (Å²) in [4.78, 5) is 26.9. The second-order valence-corrected chi connectivity index (χ2v) is 14.1. The molecule has 2 aliphatic heterocycles. The number of hydrogen-bond acceptors (Lipinski definition) is 9. The maximum Gasteiger partial charge on any atom is 0.257 e. The second kappa shape index (κ2) is 12.0. The predicted molar refractivity (Wildman–Crippen MR) is 185 cm³/mol. The first kappa shape index (κ1) is 30.8. The lowest BCUT2D eigenvalue weighted by Crippen LogP contribution is -2.22. The van der Waals surface area contributed by atoms with Gasteiger partial charge in [0.1, 0.15) is 11.6 Å². The Morgan fingerprint density at radius 1 is 1.06 bits per heavy atom. The molecule has 2 atom stereocenters. The molecule has 4 aromatic heterocycles. The number of aryl methyl sites for hydroxylation is 3. The number of ether oxygens (including phenoxy) is 1. The first-order valence-corrected chi connectivity index (χ1v) is 17.6. The van der Waals surface area contributed by atoms with E-state index in [-0.39, 0.29) is 29.6 Å². The molecule has 1 fully saturated rings. The third-order valence-corrected chi connectivity index (χ3v) is 11.3. The van der Waals surface area contributed by atoms with Gasteiger partial charge in [0.05, 0.1) is 46.4 Å². The lowest BCUT2D eigenvalue weighted by molar-refractivity contribution is 0.0776. The lowest BCUT2D eigenvalue weighted by Gasteiger charge is -2.16. The van der Waals surface area contributed by atoms with Crippen molar-refractivity contribution in [3.8, 4) is 27.6 Å². The van der Waals surface area contributed by atoms with Gasteiger partial charge in [-0.3, -0.25) is 9.78 Å². The largest absolute Gasteiger partial charge is 0.493 e. The van der Waals surface area contributed by atoms with E-state index in [1.54, 1.807) is 30.5 Å². The van der Waals surface area contributed by atoms with Gasteiger partial charge in [0, 0.05) is 35.7 Å². The highest BCUT2D eigenvalue weighted by atomic mass is 32.1. The molecule has 12 heteroatoms. The fraction of sp³-hybridized carbons (Fsp3) is 0.289. The summed E-state index contributed by atoms with van der Waals surface area (Å²) in [7, 11) is 1.50. The van der Waals surface area contributed by atoms with Gasteiger partial charge in [-0.2, -0.15) is 0 Å². The molecule has 0 spiro atoms. The number of aromatic nitrogens is 4. The zero-order valence-corrected chi connectivity index (χ0v) is 28.2. The van der Waals surface area contributed by atoms with Crippen molar-refractivity contribution in [1.29, 1.82) is 0 Å². The summed E-state index contributed by atoms with van der Waals surface area (Å²) in [6.45, 7) is 2.41. The van der Waals surface area contributed by atoms with Crippen LogP contribution in [0.25, 0.3) is 32.0 Å². The number of carbonyl (C=O) groups is 1. The Balaban J connectivity index is 1.20. The van der Waals surface area contributed by atoms with Crippen molar-refractivity contribution in [3.05, 3.63) is 106 Å².